The Kier molecular flexibility index (Phi) is 5.76. The molecule has 0 saturated carbocycles. The number of halogens is 1. The fourth-order valence-corrected chi connectivity index (χ4v) is 4.14. The third kappa shape index (κ3) is 3.98. The summed E-state index contributed by atoms with van der Waals surface area (Å²) in [6.07, 6.45) is 1.74. The number of hydrogen-bond donors (Lipinski definition) is 0. The first-order chi connectivity index (χ1) is 12.5. The number of carbonyl (C=O) groups excluding carboxylic acids is 2. The first kappa shape index (κ1) is 18.6. The standard InChI is InChI=1S/C19H14ClNO3S2/c20-14-9-5-4-8-13(14)11-16-17(22)21(19(25)26-16)15(18(23)24)10-12-6-2-1-3-7-12/h1-9,11,15H,10H2,(H,23,24)/p-1/b16-11-/t15-/m1/s1. The van der Waals surface area contributed by atoms with Gasteiger partial charge in [-0.05, 0) is 29.7 Å². The maximum atomic E-state index is 12.8. The zero-order valence-corrected chi connectivity index (χ0v) is 15.8. The molecule has 7 heteroatoms. The molecule has 4 nitrogen and oxygen atoms in total. The Labute approximate surface area is 165 Å². The van der Waals surface area contributed by atoms with Crippen molar-refractivity contribution in [3.63, 3.8) is 0 Å². The van der Waals surface area contributed by atoms with Crippen molar-refractivity contribution in [2.45, 2.75) is 12.5 Å². The van der Waals surface area contributed by atoms with E-state index in [0.29, 0.717) is 15.5 Å². The van der Waals surface area contributed by atoms with Gasteiger partial charge in [-0.15, -0.1) is 0 Å². The van der Waals surface area contributed by atoms with Crippen molar-refractivity contribution in [3.05, 3.63) is 75.7 Å². The fourth-order valence-electron chi connectivity index (χ4n) is 2.60. The molecule has 1 saturated heterocycles. The summed E-state index contributed by atoms with van der Waals surface area (Å²) in [7, 11) is 0. The van der Waals surface area contributed by atoms with Crippen molar-refractivity contribution in [1.82, 2.24) is 4.90 Å². The maximum absolute atomic E-state index is 12.8. The summed E-state index contributed by atoms with van der Waals surface area (Å²) in [5.41, 5.74) is 1.45. The van der Waals surface area contributed by atoms with E-state index in [0.717, 1.165) is 22.2 Å². The Hall–Kier alpha value is -2.15. The number of thiocarbonyl (C=S) groups is 1. The largest absolute Gasteiger partial charge is 0.548 e. The average Bonchev–Trinajstić information content (AvgIpc) is 2.89. The highest BCUT2D eigenvalue weighted by Gasteiger charge is 2.37. The van der Waals surface area contributed by atoms with Gasteiger partial charge in [0, 0.05) is 5.02 Å². The van der Waals surface area contributed by atoms with E-state index in [9.17, 15) is 14.7 Å². The molecule has 26 heavy (non-hydrogen) atoms. The van der Waals surface area contributed by atoms with Crippen LogP contribution in [0, 0.1) is 0 Å². The lowest BCUT2D eigenvalue weighted by Crippen LogP contribution is -2.51. The second-order valence-electron chi connectivity index (χ2n) is 5.60. The third-order valence-electron chi connectivity index (χ3n) is 3.87. The Bertz CT molecular complexity index is 899. The molecule has 1 amide bonds. The van der Waals surface area contributed by atoms with Gasteiger partial charge in [0.05, 0.1) is 16.9 Å². The number of carboxylic acid groups (broad SMARTS) is 1. The van der Waals surface area contributed by atoms with Gasteiger partial charge in [-0.25, -0.2) is 0 Å². The van der Waals surface area contributed by atoms with E-state index in [2.05, 4.69) is 0 Å². The van der Waals surface area contributed by atoms with Crippen LogP contribution in [0.25, 0.3) is 6.08 Å². The molecule has 1 heterocycles. The van der Waals surface area contributed by atoms with Crippen LogP contribution >= 0.6 is 35.6 Å². The summed E-state index contributed by atoms with van der Waals surface area (Å²) in [6, 6.07) is 15.0. The molecule has 0 aliphatic carbocycles. The van der Waals surface area contributed by atoms with Crippen LogP contribution in [0.5, 0.6) is 0 Å². The highest BCUT2D eigenvalue weighted by Crippen LogP contribution is 2.35. The topological polar surface area (TPSA) is 60.4 Å². The number of rotatable bonds is 5. The lowest BCUT2D eigenvalue weighted by atomic mass is 10.0. The number of carbonyl (C=O) groups is 2. The van der Waals surface area contributed by atoms with Crippen molar-refractivity contribution < 1.29 is 14.7 Å². The molecular formula is C19H13ClNO3S2-. The molecule has 2 aromatic rings. The highest BCUT2D eigenvalue weighted by atomic mass is 35.5. The van der Waals surface area contributed by atoms with Gasteiger partial charge in [0.15, 0.2) is 0 Å². The summed E-state index contributed by atoms with van der Waals surface area (Å²) in [5, 5.41) is 12.2. The molecular weight excluding hydrogens is 390 g/mol. The summed E-state index contributed by atoms with van der Waals surface area (Å²) in [4.78, 5) is 25.9. The van der Waals surface area contributed by atoms with Crippen molar-refractivity contribution in [3.8, 4) is 0 Å². The predicted molar refractivity (Wildman–Crippen MR) is 105 cm³/mol. The number of benzene rings is 2. The minimum Gasteiger partial charge on any atom is -0.548 e. The molecule has 0 spiro atoms. The van der Waals surface area contributed by atoms with E-state index < -0.39 is 17.9 Å². The zero-order chi connectivity index (χ0) is 18.7. The first-order valence-electron chi connectivity index (χ1n) is 7.74. The number of aliphatic carboxylic acids is 1. The van der Waals surface area contributed by atoms with Crippen LogP contribution in [-0.2, 0) is 16.0 Å². The third-order valence-corrected chi connectivity index (χ3v) is 5.55. The van der Waals surface area contributed by atoms with E-state index >= 15 is 0 Å². The van der Waals surface area contributed by atoms with Crippen molar-refractivity contribution >= 4 is 57.9 Å². The zero-order valence-electron chi connectivity index (χ0n) is 13.4. The van der Waals surface area contributed by atoms with Crippen LogP contribution < -0.4 is 5.11 Å². The van der Waals surface area contributed by atoms with Gasteiger partial charge in [-0.3, -0.25) is 9.69 Å². The second-order valence-corrected chi connectivity index (χ2v) is 7.68. The van der Waals surface area contributed by atoms with E-state index in [1.807, 2.05) is 18.2 Å². The normalized spacial score (nSPS) is 17.0. The number of nitrogens with zero attached hydrogens (tertiary/aromatic N) is 1. The van der Waals surface area contributed by atoms with Gasteiger partial charge in [-0.1, -0.05) is 84.1 Å². The molecule has 1 atom stereocenters. The van der Waals surface area contributed by atoms with E-state index in [4.69, 9.17) is 23.8 Å². The molecule has 1 aliphatic heterocycles. The van der Waals surface area contributed by atoms with E-state index in [1.54, 1.807) is 42.5 Å². The molecule has 2 aromatic carbocycles. The Morgan fingerprint density at radius 2 is 1.85 bits per heavy atom. The first-order valence-corrected chi connectivity index (χ1v) is 9.34. The number of thioether (sulfide) groups is 1. The lowest BCUT2D eigenvalue weighted by molar-refractivity contribution is -0.310. The molecule has 0 unspecified atom stereocenters. The highest BCUT2D eigenvalue weighted by molar-refractivity contribution is 8.26. The predicted octanol–water partition coefficient (Wildman–Crippen LogP) is 2.90. The number of hydrogen-bond acceptors (Lipinski definition) is 5. The molecule has 0 radical (unpaired) electrons. The summed E-state index contributed by atoms with van der Waals surface area (Å²) in [5.74, 6) is -1.80. The maximum Gasteiger partial charge on any atom is 0.266 e. The van der Waals surface area contributed by atoms with Gasteiger partial charge < -0.3 is 9.90 Å². The van der Waals surface area contributed by atoms with Crippen molar-refractivity contribution in [1.29, 1.82) is 0 Å². The minimum atomic E-state index is -1.34. The van der Waals surface area contributed by atoms with Crippen LogP contribution in [0.1, 0.15) is 11.1 Å². The molecule has 3 rings (SSSR count). The van der Waals surface area contributed by atoms with Gasteiger partial charge >= 0.3 is 0 Å². The van der Waals surface area contributed by atoms with Crippen LogP contribution in [0.15, 0.2) is 59.5 Å². The molecule has 0 N–H and O–H groups in total. The Balaban J connectivity index is 1.89. The van der Waals surface area contributed by atoms with E-state index in [-0.39, 0.29) is 10.7 Å². The fraction of sp³-hybridized carbons (Fsp3) is 0.105. The molecule has 1 fully saturated rings. The minimum absolute atomic E-state index is 0.120. The summed E-state index contributed by atoms with van der Waals surface area (Å²) < 4.78 is 0.193. The molecule has 1 aliphatic rings. The number of carboxylic acids is 1. The Morgan fingerprint density at radius 3 is 2.50 bits per heavy atom. The Morgan fingerprint density at radius 1 is 1.19 bits per heavy atom. The monoisotopic (exact) mass is 402 g/mol. The average molecular weight is 403 g/mol. The van der Waals surface area contributed by atoms with Crippen molar-refractivity contribution in [2.24, 2.45) is 0 Å². The molecule has 0 aromatic heterocycles. The van der Waals surface area contributed by atoms with Crippen LogP contribution in [0.3, 0.4) is 0 Å². The summed E-state index contributed by atoms with van der Waals surface area (Å²) in [6.45, 7) is 0. The van der Waals surface area contributed by atoms with Crippen LogP contribution in [-0.4, -0.2) is 27.1 Å². The smallest absolute Gasteiger partial charge is 0.266 e. The van der Waals surface area contributed by atoms with Crippen molar-refractivity contribution in [2.75, 3.05) is 0 Å². The second kappa shape index (κ2) is 8.03. The van der Waals surface area contributed by atoms with Gasteiger partial charge in [0.25, 0.3) is 5.91 Å². The SMILES string of the molecule is O=C([O-])[C@@H](Cc1ccccc1)N1C(=O)/C(=C/c2ccccc2Cl)SC1=S. The quantitative estimate of drug-likeness (QED) is 0.568. The molecule has 0 bridgehead atoms. The lowest BCUT2D eigenvalue weighted by Gasteiger charge is -2.27. The van der Waals surface area contributed by atoms with Gasteiger partial charge in [-0.2, -0.15) is 0 Å². The summed E-state index contributed by atoms with van der Waals surface area (Å²) >= 11 is 12.4. The van der Waals surface area contributed by atoms with Gasteiger partial charge in [0.2, 0.25) is 0 Å². The molecule has 132 valence electrons. The van der Waals surface area contributed by atoms with E-state index in [1.165, 1.54) is 0 Å². The van der Waals surface area contributed by atoms with Crippen LogP contribution in [0.2, 0.25) is 5.02 Å². The number of amides is 1. The van der Waals surface area contributed by atoms with Gasteiger partial charge in [0.1, 0.15) is 4.32 Å². The van der Waals surface area contributed by atoms with Crippen LogP contribution in [0.4, 0.5) is 0 Å².